The maximum atomic E-state index is 14.0. The van der Waals surface area contributed by atoms with Crippen LogP contribution >= 0.6 is 0 Å². The molecule has 0 aliphatic carbocycles. The van der Waals surface area contributed by atoms with Gasteiger partial charge in [0.05, 0.1) is 11.8 Å². The van der Waals surface area contributed by atoms with E-state index in [4.69, 9.17) is 4.18 Å². The first-order chi connectivity index (χ1) is 12.2. The Labute approximate surface area is 153 Å². The number of carbonyl (C=O) groups is 1. The standard InChI is InChI=1S/C19H22FNO4S/c1-14(2)12-21(19(22)17-9-4-5-10-18(17)20)13-15-7-6-8-16(11-15)25-26(3,23)24/h4-11,14H,12-13H2,1-3H3. The van der Waals surface area contributed by atoms with Crippen LogP contribution in [0.25, 0.3) is 0 Å². The van der Waals surface area contributed by atoms with Crippen LogP contribution in [0.15, 0.2) is 48.5 Å². The Balaban J connectivity index is 2.27. The molecule has 2 rings (SSSR count). The molecule has 5 nitrogen and oxygen atoms in total. The van der Waals surface area contributed by atoms with Crippen molar-refractivity contribution in [1.82, 2.24) is 4.90 Å². The van der Waals surface area contributed by atoms with Crippen LogP contribution in [0.4, 0.5) is 4.39 Å². The van der Waals surface area contributed by atoms with Crippen LogP contribution in [-0.4, -0.2) is 32.0 Å². The Hall–Kier alpha value is -2.41. The van der Waals surface area contributed by atoms with E-state index in [9.17, 15) is 17.6 Å². The minimum Gasteiger partial charge on any atom is -0.383 e. The number of nitrogens with zero attached hydrogens (tertiary/aromatic N) is 1. The summed E-state index contributed by atoms with van der Waals surface area (Å²) in [6.45, 7) is 4.58. The molecule has 7 heteroatoms. The van der Waals surface area contributed by atoms with Crippen molar-refractivity contribution in [2.45, 2.75) is 20.4 Å². The van der Waals surface area contributed by atoms with E-state index in [0.717, 1.165) is 6.26 Å². The van der Waals surface area contributed by atoms with Crippen molar-refractivity contribution >= 4 is 16.0 Å². The lowest BCUT2D eigenvalue weighted by Crippen LogP contribution is -2.34. The largest absolute Gasteiger partial charge is 0.383 e. The molecule has 0 unspecified atom stereocenters. The molecule has 0 aliphatic rings. The van der Waals surface area contributed by atoms with Crippen molar-refractivity contribution in [3.8, 4) is 5.75 Å². The molecule has 0 saturated heterocycles. The van der Waals surface area contributed by atoms with Gasteiger partial charge in [-0.15, -0.1) is 0 Å². The summed E-state index contributed by atoms with van der Waals surface area (Å²) in [5.41, 5.74) is 0.702. The third kappa shape index (κ3) is 5.84. The van der Waals surface area contributed by atoms with Gasteiger partial charge in [-0.1, -0.05) is 38.1 Å². The third-order valence-corrected chi connectivity index (χ3v) is 3.99. The molecule has 0 heterocycles. The highest BCUT2D eigenvalue weighted by atomic mass is 32.2. The Morgan fingerprint density at radius 1 is 1.15 bits per heavy atom. The van der Waals surface area contributed by atoms with E-state index in [0.29, 0.717) is 12.1 Å². The molecule has 0 saturated carbocycles. The molecule has 0 spiro atoms. The zero-order valence-corrected chi connectivity index (χ0v) is 15.8. The number of amides is 1. The van der Waals surface area contributed by atoms with Crippen molar-refractivity contribution in [3.05, 3.63) is 65.5 Å². The van der Waals surface area contributed by atoms with Crippen LogP contribution in [0.1, 0.15) is 29.8 Å². The number of benzene rings is 2. The number of hydrogen-bond donors (Lipinski definition) is 0. The normalized spacial score (nSPS) is 11.4. The first-order valence-corrected chi connectivity index (χ1v) is 9.99. The average molecular weight is 379 g/mol. The van der Waals surface area contributed by atoms with Gasteiger partial charge in [-0.3, -0.25) is 4.79 Å². The molecule has 26 heavy (non-hydrogen) atoms. The SMILES string of the molecule is CC(C)CN(Cc1cccc(OS(C)(=O)=O)c1)C(=O)c1ccccc1F. The Morgan fingerprint density at radius 3 is 2.46 bits per heavy atom. The Kier molecular flexibility index (Phi) is 6.37. The van der Waals surface area contributed by atoms with Gasteiger partial charge < -0.3 is 9.08 Å². The molecule has 0 aromatic heterocycles. The van der Waals surface area contributed by atoms with Crippen LogP contribution in [0.3, 0.4) is 0 Å². The van der Waals surface area contributed by atoms with Gasteiger partial charge in [0.15, 0.2) is 0 Å². The summed E-state index contributed by atoms with van der Waals surface area (Å²) >= 11 is 0. The fourth-order valence-corrected chi connectivity index (χ4v) is 3.01. The molecule has 0 fully saturated rings. The lowest BCUT2D eigenvalue weighted by atomic mass is 10.1. The van der Waals surface area contributed by atoms with Crippen molar-refractivity contribution in [2.24, 2.45) is 5.92 Å². The molecular weight excluding hydrogens is 357 g/mol. The predicted molar refractivity (Wildman–Crippen MR) is 97.9 cm³/mol. The van der Waals surface area contributed by atoms with E-state index in [2.05, 4.69) is 0 Å². The van der Waals surface area contributed by atoms with Crippen molar-refractivity contribution in [3.63, 3.8) is 0 Å². The van der Waals surface area contributed by atoms with E-state index >= 15 is 0 Å². The lowest BCUT2D eigenvalue weighted by molar-refractivity contribution is 0.0717. The lowest BCUT2D eigenvalue weighted by Gasteiger charge is -2.25. The quantitative estimate of drug-likeness (QED) is 0.691. The number of hydrogen-bond acceptors (Lipinski definition) is 4. The summed E-state index contributed by atoms with van der Waals surface area (Å²) in [4.78, 5) is 14.3. The van der Waals surface area contributed by atoms with Gasteiger partial charge in [-0.25, -0.2) is 4.39 Å². The first kappa shape index (κ1) is 19.9. The van der Waals surface area contributed by atoms with Gasteiger partial charge in [-0.2, -0.15) is 8.42 Å². The van der Waals surface area contributed by atoms with E-state index in [-0.39, 0.29) is 23.8 Å². The highest BCUT2D eigenvalue weighted by molar-refractivity contribution is 7.86. The van der Waals surface area contributed by atoms with E-state index in [1.54, 1.807) is 29.2 Å². The maximum Gasteiger partial charge on any atom is 0.306 e. The molecular formula is C19H22FNO4S. The smallest absolute Gasteiger partial charge is 0.306 e. The summed E-state index contributed by atoms with van der Waals surface area (Å²) in [5.74, 6) is -0.624. The predicted octanol–water partition coefficient (Wildman–Crippen LogP) is 3.46. The Bertz CT molecular complexity index is 881. The highest BCUT2D eigenvalue weighted by Gasteiger charge is 2.20. The van der Waals surface area contributed by atoms with Gasteiger partial charge in [0.25, 0.3) is 5.91 Å². The second kappa shape index (κ2) is 8.31. The Morgan fingerprint density at radius 2 is 1.85 bits per heavy atom. The van der Waals surface area contributed by atoms with E-state index in [1.807, 2.05) is 13.8 Å². The average Bonchev–Trinajstić information content (AvgIpc) is 2.52. The van der Waals surface area contributed by atoms with Crippen molar-refractivity contribution in [1.29, 1.82) is 0 Å². The minimum absolute atomic E-state index is 0.0108. The summed E-state index contributed by atoms with van der Waals surface area (Å²) in [6.07, 6.45) is 0.965. The number of rotatable bonds is 7. The molecule has 2 aromatic carbocycles. The second-order valence-corrected chi connectivity index (χ2v) is 8.07. The number of carbonyl (C=O) groups excluding carboxylic acids is 1. The van der Waals surface area contributed by atoms with E-state index in [1.165, 1.54) is 24.3 Å². The monoisotopic (exact) mass is 379 g/mol. The van der Waals surface area contributed by atoms with Crippen LogP contribution < -0.4 is 4.18 Å². The summed E-state index contributed by atoms with van der Waals surface area (Å²) in [6, 6.07) is 12.3. The topological polar surface area (TPSA) is 63.7 Å². The molecule has 1 amide bonds. The van der Waals surface area contributed by atoms with Crippen LogP contribution in [-0.2, 0) is 16.7 Å². The fourth-order valence-electron chi connectivity index (χ4n) is 2.56. The summed E-state index contributed by atoms with van der Waals surface area (Å²) in [5, 5.41) is 0. The van der Waals surface area contributed by atoms with Gasteiger partial charge in [0, 0.05) is 13.1 Å². The molecule has 0 atom stereocenters. The van der Waals surface area contributed by atoms with Gasteiger partial charge in [0.1, 0.15) is 11.6 Å². The first-order valence-electron chi connectivity index (χ1n) is 8.18. The molecule has 2 aromatic rings. The van der Waals surface area contributed by atoms with Crippen molar-refractivity contribution < 1.29 is 21.8 Å². The van der Waals surface area contributed by atoms with Gasteiger partial charge in [0.2, 0.25) is 0 Å². The highest BCUT2D eigenvalue weighted by Crippen LogP contribution is 2.19. The molecule has 0 aliphatic heterocycles. The van der Waals surface area contributed by atoms with Gasteiger partial charge in [-0.05, 0) is 35.7 Å². The van der Waals surface area contributed by atoms with Crippen molar-refractivity contribution in [2.75, 3.05) is 12.8 Å². The van der Waals surface area contributed by atoms with Crippen LogP contribution in [0.5, 0.6) is 5.75 Å². The summed E-state index contributed by atoms with van der Waals surface area (Å²) < 4.78 is 41.4. The molecule has 140 valence electrons. The zero-order valence-electron chi connectivity index (χ0n) is 15.0. The van der Waals surface area contributed by atoms with Crippen LogP contribution in [0.2, 0.25) is 0 Å². The minimum atomic E-state index is -3.64. The van der Waals surface area contributed by atoms with Gasteiger partial charge >= 0.3 is 10.1 Å². The molecule has 0 bridgehead atoms. The van der Waals surface area contributed by atoms with Crippen LogP contribution in [0, 0.1) is 11.7 Å². The fraction of sp³-hybridized carbons (Fsp3) is 0.316. The molecule has 0 N–H and O–H groups in total. The second-order valence-electron chi connectivity index (χ2n) is 6.49. The number of halogens is 1. The molecule has 0 radical (unpaired) electrons. The third-order valence-electron chi connectivity index (χ3n) is 3.50. The zero-order chi connectivity index (χ0) is 19.3. The summed E-state index contributed by atoms with van der Waals surface area (Å²) in [7, 11) is -3.64. The van der Waals surface area contributed by atoms with E-state index < -0.39 is 21.8 Å². The maximum absolute atomic E-state index is 14.0.